The first-order chi connectivity index (χ1) is 11.3. The first kappa shape index (κ1) is 14.1. The molecule has 4 rings (SSSR count). The third kappa shape index (κ3) is 3.32. The summed E-state index contributed by atoms with van der Waals surface area (Å²) in [6, 6.07) is 11.9. The van der Waals surface area contributed by atoms with Crippen LogP contribution >= 0.6 is 11.3 Å². The van der Waals surface area contributed by atoms with Crippen LogP contribution in [0.4, 0.5) is 5.13 Å². The maximum Gasteiger partial charge on any atom is 0.230 e. The molecule has 1 N–H and O–H groups in total. The Morgan fingerprint density at radius 3 is 2.61 bits per heavy atom. The van der Waals surface area contributed by atoms with E-state index in [9.17, 15) is 4.79 Å². The van der Waals surface area contributed by atoms with Crippen molar-refractivity contribution in [2.75, 3.05) is 5.32 Å². The summed E-state index contributed by atoms with van der Waals surface area (Å²) in [5, 5.41) is 12.6. The van der Waals surface area contributed by atoms with E-state index in [4.69, 9.17) is 0 Å². The van der Waals surface area contributed by atoms with Crippen molar-refractivity contribution in [1.29, 1.82) is 0 Å². The van der Waals surface area contributed by atoms with E-state index in [2.05, 4.69) is 15.5 Å². The van der Waals surface area contributed by atoms with Gasteiger partial charge in [0.2, 0.25) is 11.0 Å². The molecule has 0 radical (unpaired) electrons. The summed E-state index contributed by atoms with van der Waals surface area (Å²) in [6.45, 7) is 0. The summed E-state index contributed by atoms with van der Waals surface area (Å²) in [6.07, 6.45) is 6.71. The van der Waals surface area contributed by atoms with Crippen molar-refractivity contribution >= 4 is 22.4 Å². The maximum absolute atomic E-state index is 12.1. The van der Waals surface area contributed by atoms with Crippen LogP contribution in [0.5, 0.6) is 0 Å². The van der Waals surface area contributed by atoms with Gasteiger partial charge in [0.25, 0.3) is 0 Å². The lowest BCUT2D eigenvalue weighted by Gasteiger charge is -2.05. The highest BCUT2D eigenvalue weighted by Gasteiger charge is 2.27. The molecule has 0 saturated heterocycles. The molecular formula is C17H16N4OS. The molecule has 1 aliphatic carbocycles. The van der Waals surface area contributed by atoms with Gasteiger partial charge in [-0.25, -0.2) is 0 Å². The standard InChI is InChI=1S/C17H16N4OS/c22-15(18-17-20-19-16(23-17)13-5-6-13)11-12-3-7-14(8-4-12)21-9-1-2-10-21/h1-4,7-10,13H,5-6,11H2,(H,18,20,22). The van der Waals surface area contributed by atoms with Gasteiger partial charge in [-0.05, 0) is 42.7 Å². The third-order valence-electron chi connectivity index (χ3n) is 3.82. The van der Waals surface area contributed by atoms with Crippen LogP contribution in [0, 0.1) is 0 Å². The van der Waals surface area contributed by atoms with Gasteiger partial charge in [-0.15, -0.1) is 10.2 Å². The van der Waals surface area contributed by atoms with Gasteiger partial charge < -0.3 is 9.88 Å². The minimum absolute atomic E-state index is 0.0581. The van der Waals surface area contributed by atoms with Crippen molar-refractivity contribution in [2.24, 2.45) is 0 Å². The van der Waals surface area contributed by atoms with Gasteiger partial charge in [0, 0.05) is 24.0 Å². The Bertz CT molecular complexity index is 804. The summed E-state index contributed by atoms with van der Waals surface area (Å²) in [5.74, 6) is 0.511. The number of hydrogen-bond donors (Lipinski definition) is 1. The first-order valence-corrected chi connectivity index (χ1v) is 8.45. The van der Waals surface area contributed by atoms with Crippen molar-refractivity contribution in [3.8, 4) is 5.69 Å². The highest BCUT2D eigenvalue weighted by molar-refractivity contribution is 7.15. The molecule has 6 heteroatoms. The number of nitrogens with zero attached hydrogens (tertiary/aromatic N) is 3. The van der Waals surface area contributed by atoms with Gasteiger partial charge in [-0.2, -0.15) is 0 Å². The number of aromatic nitrogens is 3. The van der Waals surface area contributed by atoms with Crippen LogP contribution in [-0.2, 0) is 11.2 Å². The van der Waals surface area contributed by atoms with Gasteiger partial charge in [0.15, 0.2) is 0 Å². The number of nitrogens with one attached hydrogen (secondary N) is 1. The summed E-state index contributed by atoms with van der Waals surface area (Å²) >= 11 is 1.49. The van der Waals surface area contributed by atoms with Crippen LogP contribution < -0.4 is 5.32 Å². The molecule has 1 aromatic carbocycles. The zero-order chi connectivity index (χ0) is 15.6. The molecule has 2 heterocycles. The molecule has 1 aliphatic rings. The van der Waals surface area contributed by atoms with Crippen molar-refractivity contribution in [3.05, 3.63) is 59.4 Å². The largest absolute Gasteiger partial charge is 0.324 e. The summed E-state index contributed by atoms with van der Waals surface area (Å²) in [7, 11) is 0. The number of carbonyl (C=O) groups is 1. The van der Waals surface area contributed by atoms with Crippen molar-refractivity contribution in [3.63, 3.8) is 0 Å². The van der Waals surface area contributed by atoms with E-state index in [0.29, 0.717) is 17.5 Å². The molecule has 0 bridgehead atoms. The van der Waals surface area contributed by atoms with Gasteiger partial charge in [0.05, 0.1) is 6.42 Å². The fourth-order valence-corrected chi connectivity index (χ4v) is 3.35. The quantitative estimate of drug-likeness (QED) is 0.782. The molecule has 1 saturated carbocycles. The average Bonchev–Trinajstić information content (AvgIpc) is 3.07. The lowest BCUT2D eigenvalue weighted by atomic mass is 10.1. The van der Waals surface area contributed by atoms with Crippen molar-refractivity contribution in [2.45, 2.75) is 25.2 Å². The molecule has 0 aliphatic heterocycles. The molecule has 23 heavy (non-hydrogen) atoms. The van der Waals surface area contributed by atoms with E-state index >= 15 is 0 Å². The van der Waals surface area contributed by atoms with Crippen molar-refractivity contribution < 1.29 is 4.79 Å². The zero-order valence-corrected chi connectivity index (χ0v) is 13.3. The molecule has 0 atom stereocenters. The summed E-state index contributed by atoms with van der Waals surface area (Å²) in [5.41, 5.74) is 2.06. The van der Waals surface area contributed by atoms with Gasteiger partial charge >= 0.3 is 0 Å². The third-order valence-corrected chi connectivity index (χ3v) is 4.82. The fourth-order valence-electron chi connectivity index (χ4n) is 2.42. The SMILES string of the molecule is O=C(Cc1ccc(-n2cccc2)cc1)Nc1nnc(C2CC2)s1. The second-order valence-electron chi connectivity index (χ2n) is 5.70. The number of benzene rings is 1. The van der Waals surface area contributed by atoms with Gasteiger partial charge in [0.1, 0.15) is 5.01 Å². The van der Waals surface area contributed by atoms with E-state index in [0.717, 1.165) is 16.3 Å². The summed E-state index contributed by atoms with van der Waals surface area (Å²) in [4.78, 5) is 12.1. The topological polar surface area (TPSA) is 59.8 Å². The van der Waals surface area contributed by atoms with Crippen LogP contribution in [0.25, 0.3) is 5.69 Å². The van der Waals surface area contributed by atoms with Crippen LogP contribution in [0.15, 0.2) is 48.8 Å². The number of anilines is 1. The van der Waals surface area contributed by atoms with Gasteiger partial charge in [-0.3, -0.25) is 4.79 Å². The maximum atomic E-state index is 12.1. The van der Waals surface area contributed by atoms with Crippen LogP contribution in [0.1, 0.15) is 29.3 Å². The molecule has 0 spiro atoms. The fraction of sp³-hybridized carbons (Fsp3) is 0.235. The molecule has 2 aromatic heterocycles. The van der Waals surface area contributed by atoms with Crippen LogP contribution in [0.2, 0.25) is 0 Å². The second kappa shape index (κ2) is 5.96. The van der Waals surface area contributed by atoms with E-state index < -0.39 is 0 Å². The smallest absolute Gasteiger partial charge is 0.230 e. The van der Waals surface area contributed by atoms with Crippen molar-refractivity contribution in [1.82, 2.24) is 14.8 Å². The van der Waals surface area contributed by atoms with Crippen LogP contribution in [-0.4, -0.2) is 20.7 Å². The second-order valence-corrected chi connectivity index (χ2v) is 6.71. The Balaban J connectivity index is 1.37. The van der Waals surface area contributed by atoms with E-state index in [1.165, 1.54) is 24.2 Å². The number of amides is 1. The number of carbonyl (C=O) groups excluding carboxylic acids is 1. The van der Waals surface area contributed by atoms with E-state index in [1.54, 1.807) is 0 Å². The minimum Gasteiger partial charge on any atom is -0.324 e. The lowest BCUT2D eigenvalue weighted by Crippen LogP contribution is -2.14. The molecule has 116 valence electrons. The Hall–Kier alpha value is -2.47. The first-order valence-electron chi connectivity index (χ1n) is 7.63. The Kier molecular flexibility index (Phi) is 3.67. The summed E-state index contributed by atoms with van der Waals surface area (Å²) < 4.78 is 2.03. The highest BCUT2D eigenvalue weighted by Crippen LogP contribution is 2.42. The minimum atomic E-state index is -0.0581. The molecule has 1 fully saturated rings. The Morgan fingerprint density at radius 2 is 1.91 bits per heavy atom. The Labute approximate surface area is 138 Å². The molecule has 0 unspecified atom stereocenters. The van der Waals surface area contributed by atoms with E-state index in [-0.39, 0.29) is 5.91 Å². The van der Waals surface area contributed by atoms with Gasteiger partial charge in [-0.1, -0.05) is 23.5 Å². The molecule has 3 aromatic rings. The van der Waals surface area contributed by atoms with E-state index in [1.807, 2.05) is 53.4 Å². The highest BCUT2D eigenvalue weighted by atomic mass is 32.1. The van der Waals surface area contributed by atoms with Crippen LogP contribution in [0.3, 0.4) is 0 Å². The lowest BCUT2D eigenvalue weighted by molar-refractivity contribution is -0.115. The monoisotopic (exact) mass is 324 g/mol. The zero-order valence-electron chi connectivity index (χ0n) is 12.5. The molecule has 5 nitrogen and oxygen atoms in total. The number of rotatable bonds is 5. The average molecular weight is 324 g/mol. The predicted octanol–water partition coefficient (Wildman–Crippen LogP) is 3.39. The number of hydrogen-bond acceptors (Lipinski definition) is 4. The predicted molar refractivity (Wildman–Crippen MR) is 90.0 cm³/mol. The normalized spacial score (nSPS) is 13.9. The molecule has 1 amide bonds. The molecular weight excluding hydrogens is 308 g/mol. The Morgan fingerprint density at radius 1 is 1.17 bits per heavy atom.